The van der Waals surface area contributed by atoms with Crippen LogP contribution in [0.2, 0.25) is 0 Å². The summed E-state index contributed by atoms with van der Waals surface area (Å²) in [6.07, 6.45) is 3.44. The molecule has 0 spiro atoms. The van der Waals surface area contributed by atoms with E-state index in [4.69, 9.17) is 5.73 Å². The Kier molecular flexibility index (Phi) is 3.92. The maximum absolute atomic E-state index is 5.96. The molecule has 0 fully saturated rings. The van der Waals surface area contributed by atoms with Crippen LogP contribution in [0.3, 0.4) is 0 Å². The number of hydrogen-bond donors (Lipinski definition) is 1. The third kappa shape index (κ3) is 3.12. The number of halogens is 2. The third-order valence-corrected chi connectivity index (χ3v) is 3.77. The second-order valence-corrected chi connectivity index (χ2v) is 6.95. The topological polar surface area (TPSA) is 64.7 Å². The fraction of sp³-hybridized carbons (Fsp3) is 0.308. The highest BCUT2D eigenvalue weighted by molar-refractivity contribution is 9.11. The number of aromatic nitrogens is 3. The summed E-state index contributed by atoms with van der Waals surface area (Å²) >= 11 is 6.85. The summed E-state index contributed by atoms with van der Waals surface area (Å²) in [6.45, 7) is 6.26. The fourth-order valence-corrected chi connectivity index (χ4v) is 2.76. The summed E-state index contributed by atoms with van der Waals surface area (Å²) in [7, 11) is 0. The van der Waals surface area contributed by atoms with E-state index in [1.807, 2.05) is 6.07 Å². The Balaban J connectivity index is 2.63. The molecule has 0 unspecified atom stereocenters. The van der Waals surface area contributed by atoms with Crippen molar-refractivity contribution in [3.05, 3.63) is 33.1 Å². The van der Waals surface area contributed by atoms with Crippen LogP contribution in [0.5, 0.6) is 0 Å². The van der Waals surface area contributed by atoms with Crippen LogP contribution in [-0.2, 0) is 5.41 Å². The number of hydrogen-bond acceptors (Lipinski definition) is 4. The van der Waals surface area contributed by atoms with Gasteiger partial charge in [-0.05, 0) is 37.9 Å². The Morgan fingerprint density at radius 3 is 2.37 bits per heavy atom. The molecule has 2 heterocycles. The molecular formula is C13H14Br2N4. The zero-order valence-corrected chi connectivity index (χ0v) is 14.1. The Hall–Kier alpha value is -1.01. The van der Waals surface area contributed by atoms with Crippen LogP contribution in [-0.4, -0.2) is 15.0 Å². The monoisotopic (exact) mass is 384 g/mol. The van der Waals surface area contributed by atoms with Crippen molar-refractivity contribution in [2.24, 2.45) is 0 Å². The molecule has 0 aromatic carbocycles. The van der Waals surface area contributed by atoms with Gasteiger partial charge in [-0.1, -0.05) is 20.8 Å². The fourth-order valence-electron chi connectivity index (χ4n) is 1.62. The van der Waals surface area contributed by atoms with Crippen LogP contribution in [0.1, 0.15) is 26.5 Å². The molecule has 0 radical (unpaired) electrons. The maximum atomic E-state index is 5.96. The molecule has 0 aliphatic carbocycles. The Bertz CT molecular complexity index is 621. The minimum Gasteiger partial charge on any atom is -0.383 e. The summed E-state index contributed by atoms with van der Waals surface area (Å²) < 4.78 is 1.64. The van der Waals surface area contributed by atoms with Gasteiger partial charge in [0, 0.05) is 27.8 Å². The van der Waals surface area contributed by atoms with Gasteiger partial charge in [0.15, 0.2) is 5.82 Å². The number of nitrogens with zero attached hydrogens (tertiary/aromatic N) is 3. The van der Waals surface area contributed by atoms with Gasteiger partial charge in [-0.3, -0.25) is 4.98 Å². The maximum Gasteiger partial charge on any atom is 0.163 e. The van der Waals surface area contributed by atoms with Crippen molar-refractivity contribution >= 4 is 37.7 Å². The van der Waals surface area contributed by atoms with Gasteiger partial charge in [-0.2, -0.15) is 0 Å². The number of anilines is 1. The zero-order valence-electron chi connectivity index (χ0n) is 10.9. The van der Waals surface area contributed by atoms with E-state index in [-0.39, 0.29) is 5.41 Å². The minimum absolute atomic E-state index is 0.121. The third-order valence-electron chi connectivity index (χ3n) is 2.55. The minimum atomic E-state index is -0.121. The van der Waals surface area contributed by atoms with Crippen molar-refractivity contribution in [1.82, 2.24) is 15.0 Å². The van der Waals surface area contributed by atoms with Crippen molar-refractivity contribution in [2.45, 2.75) is 26.2 Å². The molecule has 4 nitrogen and oxygen atoms in total. The van der Waals surface area contributed by atoms with E-state index in [1.165, 1.54) is 0 Å². The Morgan fingerprint density at radius 2 is 1.79 bits per heavy atom. The summed E-state index contributed by atoms with van der Waals surface area (Å²) in [5.41, 5.74) is 7.56. The lowest BCUT2D eigenvalue weighted by Crippen LogP contribution is -2.17. The van der Waals surface area contributed by atoms with Gasteiger partial charge in [0.05, 0.1) is 10.2 Å². The molecule has 19 heavy (non-hydrogen) atoms. The van der Waals surface area contributed by atoms with Crippen LogP contribution >= 0.6 is 31.9 Å². The van der Waals surface area contributed by atoms with Gasteiger partial charge < -0.3 is 5.73 Å². The molecule has 6 heteroatoms. The molecule has 0 saturated heterocycles. The molecular weight excluding hydrogens is 372 g/mol. The van der Waals surface area contributed by atoms with Gasteiger partial charge >= 0.3 is 0 Å². The van der Waals surface area contributed by atoms with Gasteiger partial charge in [0.1, 0.15) is 5.82 Å². The van der Waals surface area contributed by atoms with Crippen molar-refractivity contribution in [1.29, 1.82) is 0 Å². The Labute approximate surface area is 129 Å². The highest BCUT2D eigenvalue weighted by Crippen LogP contribution is 2.33. The number of rotatable bonds is 1. The van der Waals surface area contributed by atoms with Crippen LogP contribution in [0.4, 0.5) is 5.82 Å². The van der Waals surface area contributed by atoms with E-state index in [0.29, 0.717) is 11.6 Å². The highest BCUT2D eigenvalue weighted by Gasteiger charge is 2.22. The molecule has 0 amide bonds. The van der Waals surface area contributed by atoms with E-state index in [0.717, 1.165) is 20.2 Å². The summed E-state index contributed by atoms with van der Waals surface area (Å²) in [4.78, 5) is 13.1. The number of nitrogens with two attached hydrogens (primary N) is 1. The lowest BCUT2D eigenvalue weighted by Gasteiger charge is -2.20. The molecule has 2 aromatic rings. The SMILES string of the molecule is CC(C)(C)c1nc(-c2cncc(Br)c2)nc(N)c1Br. The molecule has 2 aromatic heterocycles. The first-order chi connectivity index (χ1) is 8.79. The van der Waals surface area contributed by atoms with Crippen LogP contribution in [0.25, 0.3) is 11.4 Å². The second-order valence-electron chi connectivity index (χ2n) is 5.24. The first kappa shape index (κ1) is 14.4. The van der Waals surface area contributed by atoms with Crippen LogP contribution in [0.15, 0.2) is 27.4 Å². The summed E-state index contributed by atoms with van der Waals surface area (Å²) in [6, 6.07) is 1.92. The molecule has 2 rings (SSSR count). The van der Waals surface area contributed by atoms with Crippen molar-refractivity contribution < 1.29 is 0 Å². The van der Waals surface area contributed by atoms with Crippen LogP contribution < -0.4 is 5.73 Å². The highest BCUT2D eigenvalue weighted by atomic mass is 79.9. The second kappa shape index (κ2) is 5.17. The zero-order chi connectivity index (χ0) is 14.2. The van der Waals surface area contributed by atoms with Gasteiger partial charge in [0.2, 0.25) is 0 Å². The first-order valence-electron chi connectivity index (χ1n) is 5.73. The lowest BCUT2D eigenvalue weighted by molar-refractivity contribution is 0.564. The molecule has 0 aliphatic rings. The van der Waals surface area contributed by atoms with E-state index in [2.05, 4.69) is 67.6 Å². The smallest absolute Gasteiger partial charge is 0.163 e. The standard InChI is InChI=1S/C13H14Br2N4/c1-13(2,3)10-9(15)11(16)19-12(18-10)7-4-8(14)6-17-5-7/h4-6H,1-3H3,(H2,16,18,19). The normalized spacial score (nSPS) is 11.6. The van der Waals surface area contributed by atoms with E-state index >= 15 is 0 Å². The van der Waals surface area contributed by atoms with E-state index in [9.17, 15) is 0 Å². The van der Waals surface area contributed by atoms with Crippen molar-refractivity contribution in [2.75, 3.05) is 5.73 Å². The van der Waals surface area contributed by atoms with Crippen molar-refractivity contribution in [3.63, 3.8) is 0 Å². The predicted octanol–water partition coefficient (Wildman–Crippen LogP) is 3.94. The largest absolute Gasteiger partial charge is 0.383 e. The van der Waals surface area contributed by atoms with Gasteiger partial charge in [-0.25, -0.2) is 9.97 Å². The molecule has 0 bridgehead atoms. The number of nitrogen functional groups attached to an aromatic ring is 1. The van der Waals surface area contributed by atoms with Gasteiger partial charge in [-0.15, -0.1) is 0 Å². The Morgan fingerprint density at radius 1 is 1.11 bits per heavy atom. The molecule has 0 aliphatic heterocycles. The molecule has 2 N–H and O–H groups in total. The first-order valence-corrected chi connectivity index (χ1v) is 7.32. The molecule has 0 saturated carbocycles. The molecule has 100 valence electrons. The predicted molar refractivity (Wildman–Crippen MR) is 83.8 cm³/mol. The average molecular weight is 386 g/mol. The van der Waals surface area contributed by atoms with Gasteiger partial charge in [0.25, 0.3) is 0 Å². The summed E-state index contributed by atoms with van der Waals surface area (Å²) in [5, 5.41) is 0. The van der Waals surface area contributed by atoms with Crippen LogP contribution in [0, 0.1) is 0 Å². The number of pyridine rings is 1. The summed E-state index contributed by atoms with van der Waals surface area (Å²) in [5.74, 6) is 1.02. The van der Waals surface area contributed by atoms with Crippen molar-refractivity contribution in [3.8, 4) is 11.4 Å². The van der Waals surface area contributed by atoms with E-state index < -0.39 is 0 Å². The van der Waals surface area contributed by atoms with E-state index in [1.54, 1.807) is 12.4 Å². The molecule has 0 atom stereocenters. The quantitative estimate of drug-likeness (QED) is 0.807. The lowest BCUT2D eigenvalue weighted by atomic mass is 9.92. The average Bonchev–Trinajstić information content (AvgIpc) is 2.31.